The van der Waals surface area contributed by atoms with Crippen LogP contribution in [0.4, 0.5) is 0 Å². The monoisotopic (exact) mass is 282 g/mol. The van der Waals surface area contributed by atoms with Gasteiger partial charge < -0.3 is 0 Å². The normalized spacial score (nSPS) is 12.5. The fourth-order valence-corrected chi connectivity index (χ4v) is 3.00. The average molecular weight is 282 g/mol. The standard InChI is InChI=1S/C15H22O3S/c1-10-7-11(2)14(12(3)8-10)13(16)9-19(17,18)15(4,5)6/h7-8H,9H2,1-6H3. The Balaban J connectivity index is 3.18. The van der Waals surface area contributed by atoms with Crippen molar-refractivity contribution in [1.29, 1.82) is 0 Å². The molecule has 0 saturated carbocycles. The molecule has 0 bridgehead atoms. The van der Waals surface area contributed by atoms with Gasteiger partial charge in [0, 0.05) is 5.56 Å². The van der Waals surface area contributed by atoms with Crippen LogP contribution < -0.4 is 0 Å². The lowest BCUT2D eigenvalue weighted by atomic mass is 9.97. The summed E-state index contributed by atoms with van der Waals surface area (Å²) in [6.45, 7) is 10.5. The van der Waals surface area contributed by atoms with E-state index in [0.29, 0.717) is 5.56 Å². The molecule has 0 N–H and O–H groups in total. The Bertz CT molecular complexity index is 582. The average Bonchev–Trinajstić information content (AvgIpc) is 2.12. The number of benzene rings is 1. The number of sulfone groups is 1. The van der Waals surface area contributed by atoms with Crippen LogP contribution in [0.5, 0.6) is 0 Å². The topological polar surface area (TPSA) is 51.2 Å². The van der Waals surface area contributed by atoms with Gasteiger partial charge in [0.25, 0.3) is 0 Å². The molecule has 0 spiro atoms. The van der Waals surface area contributed by atoms with E-state index >= 15 is 0 Å². The summed E-state index contributed by atoms with van der Waals surface area (Å²) in [6.07, 6.45) is 0. The van der Waals surface area contributed by atoms with Gasteiger partial charge in [0.2, 0.25) is 0 Å². The smallest absolute Gasteiger partial charge is 0.178 e. The number of hydrogen-bond donors (Lipinski definition) is 0. The van der Waals surface area contributed by atoms with Crippen LogP contribution in [0, 0.1) is 20.8 Å². The maximum absolute atomic E-state index is 12.3. The lowest BCUT2D eigenvalue weighted by Crippen LogP contribution is -2.33. The van der Waals surface area contributed by atoms with Gasteiger partial charge in [-0.05, 0) is 52.7 Å². The third-order valence-corrected chi connectivity index (χ3v) is 5.72. The molecule has 0 heterocycles. The van der Waals surface area contributed by atoms with Crippen LogP contribution in [-0.4, -0.2) is 24.7 Å². The summed E-state index contributed by atoms with van der Waals surface area (Å²) in [5.41, 5.74) is 3.29. The minimum absolute atomic E-state index is 0.315. The molecule has 4 heteroatoms. The first-order chi connectivity index (χ1) is 8.45. The molecular formula is C15H22O3S. The first-order valence-corrected chi connectivity index (χ1v) is 7.94. The summed E-state index contributed by atoms with van der Waals surface area (Å²) in [5.74, 6) is -0.744. The second-order valence-corrected chi connectivity index (χ2v) is 8.81. The van der Waals surface area contributed by atoms with Gasteiger partial charge in [-0.15, -0.1) is 0 Å². The molecule has 1 aromatic carbocycles. The van der Waals surface area contributed by atoms with Gasteiger partial charge >= 0.3 is 0 Å². The first kappa shape index (κ1) is 15.9. The van der Waals surface area contributed by atoms with Gasteiger partial charge in [-0.1, -0.05) is 17.7 Å². The molecule has 0 atom stereocenters. The Morgan fingerprint density at radius 3 is 1.84 bits per heavy atom. The summed E-state index contributed by atoms with van der Waals surface area (Å²) in [5, 5.41) is 0. The molecular weight excluding hydrogens is 260 g/mol. The first-order valence-electron chi connectivity index (χ1n) is 6.29. The SMILES string of the molecule is Cc1cc(C)c(C(=O)CS(=O)(=O)C(C)(C)C)c(C)c1. The van der Waals surface area contributed by atoms with E-state index in [4.69, 9.17) is 0 Å². The van der Waals surface area contributed by atoms with E-state index in [1.807, 2.05) is 32.9 Å². The van der Waals surface area contributed by atoms with E-state index in [2.05, 4.69) is 0 Å². The van der Waals surface area contributed by atoms with Crippen LogP contribution in [0.1, 0.15) is 47.8 Å². The van der Waals surface area contributed by atoms with E-state index in [-0.39, 0.29) is 5.78 Å². The predicted octanol–water partition coefficient (Wildman–Crippen LogP) is 3.01. The third-order valence-electron chi connectivity index (χ3n) is 3.21. The van der Waals surface area contributed by atoms with Crippen molar-refractivity contribution in [2.45, 2.75) is 46.3 Å². The number of hydrogen-bond acceptors (Lipinski definition) is 3. The molecule has 1 aromatic rings. The summed E-state index contributed by atoms with van der Waals surface area (Å²) >= 11 is 0. The maximum Gasteiger partial charge on any atom is 0.178 e. The number of carbonyl (C=O) groups excluding carboxylic acids is 1. The van der Waals surface area contributed by atoms with Crippen molar-refractivity contribution in [3.63, 3.8) is 0 Å². The van der Waals surface area contributed by atoms with Gasteiger partial charge in [0.15, 0.2) is 15.6 Å². The molecule has 0 fully saturated rings. The van der Waals surface area contributed by atoms with E-state index in [9.17, 15) is 13.2 Å². The van der Waals surface area contributed by atoms with Crippen LogP contribution in [0.15, 0.2) is 12.1 Å². The van der Waals surface area contributed by atoms with Crippen molar-refractivity contribution < 1.29 is 13.2 Å². The number of aryl methyl sites for hydroxylation is 3. The van der Waals surface area contributed by atoms with E-state index in [1.54, 1.807) is 20.8 Å². The highest BCUT2D eigenvalue weighted by molar-refractivity contribution is 7.93. The van der Waals surface area contributed by atoms with Gasteiger partial charge in [-0.2, -0.15) is 0 Å². The van der Waals surface area contributed by atoms with Gasteiger partial charge in [0.1, 0.15) is 5.75 Å². The summed E-state index contributed by atoms with van der Waals surface area (Å²) in [4.78, 5) is 12.3. The number of rotatable bonds is 3. The molecule has 0 aromatic heterocycles. The van der Waals surface area contributed by atoms with Crippen molar-refractivity contribution in [2.75, 3.05) is 5.75 Å². The third kappa shape index (κ3) is 3.44. The Labute approximate surface area is 116 Å². The van der Waals surface area contributed by atoms with Crippen molar-refractivity contribution in [3.05, 3.63) is 34.4 Å². The summed E-state index contributed by atoms with van der Waals surface area (Å²) in [7, 11) is -3.44. The van der Waals surface area contributed by atoms with Crippen molar-refractivity contribution in [1.82, 2.24) is 0 Å². The fraction of sp³-hybridized carbons (Fsp3) is 0.533. The van der Waals surface area contributed by atoms with Crippen LogP contribution in [0.2, 0.25) is 0 Å². The Morgan fingerprint density at radius 2 is 1.47 bits per heavy atom. The number of ketones is 1. The zero-order valence-electron chi connectivity index (χ0n) is 12.5. The van der Waals surface area contributed by atoms with E-state index in [1.165, 1.54) is 0 Å². The highest BCUT2D eigenvalue weighted by Gasteiger charge is 2.32. The molecule has 0 aliphatic heterocycles. The van der Waals surface area contributed by atoms with Gasteiger partial charge in [-0.25, -0.2) is 8.42 Å². The molecule has 106 valence electrons. The zero-order valence-corrected chi connectivity index (χ0v) is 13.3. The molecule has 0 unspecified atom stereocenters. The molecule has 0 aliphatic rings. The lowest BCUT2D eigenvalue weighted by molar-refractivity contribution is 0.101. The van der Waals surface area contributed by atoms with E-state index < -0.39 is 20.3 Å². The predicted molar refractivity (Wildman–Crippen MR) is 78.5 cm³/mol. The van der Waals surface area contributed by atoms with Crippen molar-refractivity contribution in [2.24, 2.45) is 0 Å². The van der Waals surface area contributed by atoms with Crippen LogP contribution in [-0.2, 0) is 9.84 Å². The Morgan fingerprint density at radius 1 is 1.05 bits per heavy atom. The maximum atomic E-state index is 12.3. The number of carbonyl (C=O) groups is 1. The zero-order chi connectivity index (χ0) is 15.0. The van der Waals surface area contributed by atoms with Gasteiger partial charge in [0.05, 0.1) is 4.75 Å². The second-order valence-electron chi connectivity index (χ2n) is 6.07. The van der Waals surface area contributed by atoms with E-state index in [0.717, 1.165) is 16.7 Å². The molecule has 1 rings (SSSR count). The minimum Gasteiger partial charge on any atom is -0.293 e. The summed E-state index contributed by atoms with van der Waals surface area (Å²) in [6, 6.07) is 3.81. The van der Waals surface area contributed by atoms with Crippen molar-refractivity contribution >= 4 is 15.6 Å². The van der Waals surface area contributed by atoms with Crippen LogP contribution in [0.25, 0.3) is 0 Å². The lowest BCUT2D eigenvalue weighted by Gasteiger charge is -2.19. The molecule has 0 aliphatic carbocycles. The highest BCUT2D eigenvalue weighted by atomic mass is 32.2. The van der Waals surface area contributed by atoms with Crippen LogP contribution in [0.3, 0.4) is 0 Å². The second kappa shape index (κ2) is 5.08. The van der Waals surface area contributed by atoms with Crippen molar-refractivity contribution in [3.8, 4) is 0 Å². The van der Waals surface area contributed by atoms with Gasteiger partial charge in [-0.3, -0.25) is 4.79 Å². The molecule has 0 radical (unpaired) electrons. The minimum atomic E-state index is -3.44. The highest BCUT2D eigenvalue weighted by Crippen LogP contribution is 2.21. The largest absolute Gasteiger partial charge is 0.293 e. The number of Topliss-reactive ketones (excluding diaryl/α,β-unsaturated/α-hetero) is 1. The Kier molecular flexibility index (Phi) is 4.25. The molecule has 19 heavy (non-hydrogen) atoms. The summed E-state index contributed by atoms with van der Waals surface area (Å²) < 4.78 is 23.3. The quantitative estimate of drug-likeness (QED) is 0.801. The molecule has 0 amide bonds. The molecule has 0 saturated heterocycles. The molecule has 3 nitrogen and oxygen atoms in total. The fourth-order valence-electron chi connectivity index (χ4n) is 2.08. The Hall–Kier alpha value is -1.16. The van der Waals surface area contributed by atoms with Crippen LogP contribution >= 0.6 is 0 Å².